The lowest BCUT2D eigenvalue weighted by molar-refractivity contribution is 0.477. The van der Waals surface area contributed by atoms with Gasteiger partial charge in [0, 0.05) is 5.56 Å². The summed E-state index contributed by atoms with van der Waals surface area (Å²) in [5.74, 6) is -0.185. The number of para-hydroxylation sites is 1. The van der Waals surface area contributed by atoms with Crippen molar-refractivity contribution in [2.75, 3.05) is 0 Å². The second-order valence-corrected chi connectivity index (χ2v) is 4.00. The van der Waals surface area contributed by atoms with Crippen LogP contribution in [0.2, 0.25) is 0 Å². The minimum atomic E-state index is -0.337. The molecule has 0 aliphatic carbocycles. The van der Waals surface area contributed by atoms with Gasteiger partial charge < -0.3 is 5.11 Å². The number of aromatic hydroxyl groups is 1. The lowest BCUT2D eigenvalue weighted by atomic mass is 10.0. The molecule has 0 aliphatic heterocycles. The van der Waals surface area contributed by atoms with Crippen LogP contribution in [0, 0.1) is 5.82 Å². The number of halogens is 2. The Morgan fingerprint density at radius 3 is 2.47 bits per heavy atom. The highest BCUT2D eigenvalue weighted by atomic mass is 79.9. The smallest absolute Gasteiger partial charge is 0.137 e. The summed E-state index contributed by atoms with van der Waals surface area (Å²) in [6.45, 7) is 0. The highest BCUT2D eigenvalue weighted by Gasteiger charge is 2.05. The maximum absolute atomic E-state index is 13.3. The molecule has 2 rings (SSSR count). The molecule has 0 saturated heterocycles. The van der Waals surface area contributed by atoms with Crippen molar-refractivity contribution in [3.05, 3.63) is 52.8 Å². The standard InChI is InChI=1S/C12H8BrFO/c13-10-6-5-8(7-11(10)14)9-3-1-2-4-12(9)15/h1-7,15H. The van der Waals surface area contributed by atoms with E-state index in [9.17, 15) is 9.50 Å². The van der Waals surface area contributed by atoms with Gasteiger partial charge in [-0.25, -0.2) is 4.39 Å². The monoisotopic (exact) mass is 266 g/mol. The van der Waals surface area contributed by atoms with Gasteiger partial charge in [-0.2, -0.15) is 0 Å². The Kier molecular flexibility index (Phi) is 2.73. The first-order valence-corrected chi connectivity index (χ1v) is 5.21. The second-order valence-electron chi connectivity index (χ2n) is 3.15. The molecule has 0 heterocycles. The Labute approximate surface area is 95.3 Å². The predicted molar refractivity (Wildman–Crippen MR) is 61.2 cm³/mol. The van der Waals surface area contributed by atoms with E-state index in [2.05, 4.69) is 15.9 Å². The van der Waals surface area contributed by atoms with Crippen molar-refractivity contribution in [3.8, 4) is 16.9 Å². The van der Waals surface area contributed by atoms with Gasteiger partial charge in [-0.05, 0) is 39.7 Å². The summed E-state index contributed by atoms with van der Waals surface area (Å²) in [4.78, 5) is 0. The van der Waals surface area contributed by atoms with Crippen molar-refractivity contribution in [2.24, 2.45) is 0 Å². The number of hydrogen-bond donors (Lipinski definition) is 1. The summed E-state index contributed by atoms with van der Waals surface area (Å²) >= 11 is 3.08. The topological polar surface area (TPSA) is 20.2 Å². The van der Waals surface area contributed by atoms with E-state index in [4.69, 9.17) is 0 Å². The number of hydrogen-bond acceptors (Lipinski definition) is 1. The Bertz CT molecular complexity index is 497. The van der Waals surface area contributed by atoms with Crippen molar-refractivity contribution in [1.82, 2.24) is 0 Å². The van der Waals surface area contributed by atoms with Crippen LogP contribution in [-0.4, -0.2) is 5.11 Å². The van der Waals surface area contributed by atoms with Crippen molar-refractivity contribution < 1.29 is 9.50 Å². The molecule has 0 fully saturated rings. The Hall–Kier alpha value is -1.35. The van der Waals surface area contributed by atoms with Gasteiger partial charge >= 0.3 is 0 Å². The lowest BCUT2D eigenvalue weighted by Crippen LogP contribution is -1.82. The molecule has 3 heteroatoms. The van der Waals surface area contributed by atoms with E-state index in [1.54, 1.807) is 36.4 Å². The summed E-state index contributed by atoms with van der Waals surface area (Å²) in [6.07, 6.45) is 0. The Morgan fingerprint density at radius 1 is 1.07 bits per heavy atom. The highest BCUT2D eigenvalue weighted by molar-refractivity contribution is 9.10. The largest absolute Gasteiger partial charge is 0.507 e. The van der Waals surface area contributed by atoms with Crippen LogP contribution in [-0.2, 0) is 0 Å². The molecule has 1 nitrogen and oxygen atoms in total. The van der Waals surface area contributed by atoms with E-state index in [0.717, 1.165) is 0 Å². The normalized spacial score (nSPS) is 10.3. The summed E-state index contributed by atoms with van der Waals surface area (Å²) in [7, 11) is 0. The quantitative estimate of drug-likeness (QED) is 0.829. The average Bonchev–Trinajstić information content (AvgIpc) is 2.23. The van der Waals surface area contributed by atoms with Gasteiger partial charge in [-0.1, -0.05) is 24.3 Å². The number of phenolic OH excluding ortho intramolecular Hbond substituents is 1. The molecule has 15 heavy (non-hydrogen) atoms. The number of benzene rings is 2. The zero-order valence-electron chi connectivity index (χ0n) is 7.74. The minimum absolute atomic E-state index is 0.152. The van der Waals surface area contributed by atoms with E-state index in [1.165, 1.54) is 6.07 Å². The SMILES string of the molecule is Oc1ccccc1-c1ccc(Br)c(F)c1. The molecule has 0 radical (unpaired) electrons. The van der Waals surface area contributed by atoms with Crippen molar-refractivity contribution in [1.29, 1.82) is 0 Å². The highest BCUT2D eigenvalue weighted by Crippen LogP contribution is 2.30. The second kappa shape index (κ2) is 4.03. The molecule has 0 unspecified atom stereocenters. The van der Waals surface area contributed by atoms with Gasteiger partial charge in [-0.3, -0.25) is 0 Å². The van der Waals surface area contributed by atoms with Gasteiger partial charge in [0.2, 0.25) is 0 Å². The molecule has 0 atom stereocenters. The molecule has 0 saturated carbocycles. The van der Waals surface area contributed by atoms with Gasteiger partial charge in [0.15, 0.2) is 0 Å². The van der Waals surface area contributed by atoms with E-state index in [0.29, 0.717) is 15.6 Å². The molecule has 0 amide bonds. The zero-order valence-corrected chi connectivity index (χ0v) is 9.33. The van der Waals surface area contributed by atoms with Crippen LogP contribution in [0.25, 0.3) is 11.1 Å². The Morgan fingerprint density at radius 2 is 1.80 bits per heavy atom. The van der Waals surface area contributed by atoms with Crippen LogP contribution >= 0.6 is 15.9 Å². The van der Waals surface area contributed by atoms with E-state index < -0.39 is 0 Å². The van der Waals surface area contributed by atoms with Gasteiger partial charge in [0.1, 0.15) is 11.6 Å². The first-order chi connectivity index (χ1) is 7.18. The minimum Gasteiger partial charge on any atom is -0.507 e. The fraction of sp³-hybridized carbons (Fsp3) is 0. The van der Waals surface area contributed by atoms with Crippen LogP contribution in [0.1, 0.15) is 0 Å². The number of phenols is 1. The molecule has 0 bridgehead atoms. The maximum Gasteiger partial charge on any atom is 0.137 e. The molecule has 0 spiro atoms. The molecule has 0 aliphatic rings. The predicted octanol–water partition coefficient (Wildman–Crippen LogP) is 3.96. The van der Waals surface area contributed by atoms with Crippen LogP contribution in [0.3, 0.4) is 0 Å². The third kappa shape index (κ3) is 2.02. The molecule has 1 N–H and O–H groups in total. The van der Waals surface area contributed by atoms with Crippen LogP contribution < -0.4 is 0 Å². The summed E-state index contributed by atoms with van der Waals surface area (Å²) in [5, 5.41) is 9.59. The number of rotatable bonds is 1. The zero-order chi connectivity index (χ0) is 10.8. The molecule has 2 aromatic carbocycles. The van der Waals surface area contributed by atoms with Crippen LogP contribution in [0.5, 0.6) is 5.75 Å². The fourth-order valence-electron chi connectivity index (χ4n) is 1.38. The van der Waals surface area contributed by atoms with Crippen LogP contribution in [0.4, 0.5) is 4.39 Å². The Balaban J connectivity index is 2.55. The van der Waals surface area contributed by atoms with Gasteiger partial charge in [0.05, 0.1) is 4.47 Å². The van der Waals surface area contributed by atoms with Crippen molar-refractivity contribution in [3.63, 3.8) is 0 Å². The molecular weight excluding hydrogens is 259 g/mol. The third-order valence-corrected chi connectivity index (χ3v) is 2.78. The van der Waals surface area contributed by atoms with E-state index in [1.807, 2.05) is 0 Å². The summed E-state index contributed by atoms with van der Waals surface area (Å²) < 4.78 is 13.7. The molecule has 76 valence electrons. The lowest BCUT2D eigenvalue weighted by Gasteiger charge is -2.04. The van der Waals surface area contributed by atoms with E-state index in [-0.39, 0.29) is 11.6 Å². The average molecular weight is 267 g/mol. The fourth-order valence-corrected chi connectivity index (χ4v) is 1.63. The molecule has 2 aromatic rings. The molecule has 0 aromatic heterocycles. The third-order valence-electron chi connectivity index (χ3n) is 2.13. The first kappa shape index (κ1) is 10.2. The van der Waals surface area contributed by atoms with Gasteiger partial charge in [-0.15, -0.1) is 0 Å². The summed E-state index contributed by atoms with van der Waals surface area (Å²) in [6, 6.07) is 11.6. The van der Waals surface area contributed by atoms with E-state index >= 15 is 0 Å². The summed E-state index contributed by atoms with van der Waals surface area (Å²) in [5.41, 5.74) is 1.29. The van der Waals surface area contributed by atoms with Crippen molar-refractivity contribution >= 4 is 15.9 Å². The maximum atomic E-state index is 13.3. The van der Waals surface area contributed by atoms with Crippen molar-refractivity contribution in [2.45, 2.75) is 0 Å². The van der Waals surface area contributed by atoms with Gasteiger partial charge in [0.25, 0.3) is 0 Å². The first-order valence-electron chi connectivity index (χ1n) is 4.42. The van der Waals surface area contributed by atoms with Crippen LogP contribution in [0.15, 0.2) is 46.9 Å². The molecular formula is C12H8BrFO.